The van der Waals surface area contributed by atoms with Gasteiger partial charge in [-0.15, -0.1) is 5.10 Å². The predicted octanol–water partition coefficient (Wildman–Crippen LogP) is 0.205. The van der Waals surface area contributed by atoms with Crippen LogP contribution in [0.15, 0.2) is 23.5 Å². The summed E-state index contributed by atoms with van der Waals surface area (Å²) in [7, 11) is 0. The van der Waals surface area contributed by atoms with Crippen molar-refractivity contribution in [2.24, 2.45) is 0 Å². The highest BCUT2D eigenvalue weighted by Gasteiger charge is 2.11. The Labute approximate surface area is 104 Å². The Balaban J connectivity index is 2.33. The number of hydrogen-bond acceptors (Lipinski definition) is 4. The maximum atomic E-state index is 11.6. The summed E-state index contributed by atoms with van der Waals surface area (Å²) < 4.78 is 1.66. The summed E-state index contributed by atoms with van der Waals surface area (Å²) in [6, 6.07) is 0. The lowest BCUT2D eigenvalue weighted by molar-refractivity contribution is -0.133. The molecule has 18 heavy (non-hydrogen) atoms. The summed E-state index contributed by atoms with van der Waals surface area (Å²) in [5.74, 6) is -1.43. The Hall–Kier alpha value is -2.18. The van der Waals surface area contributed by atoms with E-state index in [0.29, 0.717) is 19.5 Å². The number of aliphatic carboxylic acids is 1. The van der Waals surface area contributed by atoms with Gasteiger partial charge < -0.3 is 10.4 Å². The molecule has 1 aromatic rings. The van der Waals surface area contributed by atoms with Gasteiger partial charge in [-0.05, 0) is 20.3 Å². The quantitative estimate of drug-likeness (QED) is 0.557. The van der Waals surface area contributed by atoms with Crippen molar-refractivity contribution in [1.29, 1.82) is 0 Å². The molecule has 0 atom stereocenters. The number of amides is 1. The molecule has 2 N–H and O–H groups in total. The summed E-state index contributed by atoms with van der Waals surface area (Å²) in [4.78, 5) is 22.3. The molecule has 98 valence electrons. The van der Waals surface area contributed by atoms with E-state index in [0.717, 1.165) is 0 Å². The number of carboxylic acid groups (broad SMARTS) is 1. The smallest absolute Gasteiger partial charge is 0.331 e. The first-order valence-corrected chi connectivity index (χ1v) is 5.55. The molecule has 1 heterocycles. The van der Waals surface area contributed by atoms with Crippen LogP contribution in [0.1, 0.15) is 20.3 Å². The molecule has 0 aliphatic heterocycles. The van der Waals surface area contributed by atoms with Crippen molar-refractivity contribution >= 4 is 11.9 Å². The third kappa shape index (κ3) is 4.00. The molecule has 0 aliphatic carbocycles. The second-order valence-electron chi connectivity index (χ2n) is 3.83. The first-order valence-electron chi connectivity index (χ1n) is 5.55. The van der Waals surface area contributed by atoms with Crippen LogP contribution in [0.2, 0.25) is 0 Å². The van der Waals surface area contributed by atoms with Gasteiger partial charge in [0.05, 0.1) is 6.20 Å². The number of hydrogen-bond donors (Lipinski definition) is 2. The average molecular weight is 252 g/mol. The van der Waals surface area contributed by atoms with Crippen molar-refractivity contribution in [2.75, 3.05) is 6.54 Å². The number of nitrogens with one attached hydrogen (secondary N) is 1. The van der Waals surface area contributed by atoms with E-state index in [4.69, 9.17) is 5.11 Å². The Kier molecular flexibility index (Phi) is 5.04. The van der Waals surface area contributed by atoms with Gasteiger partial charge in [-0.25, -0.2) is 4.79 Å². The molecule has 7 heteroatoms. The van der Waals surface area contributed by atoms with Gasteiger partial charge in [-0.1, -0.05) is 5.21 Å². The molecule has 0 aromatic carbocycles. The van der Waals surface area contributed by atoms with E-state index in [-0.39, 0.29) is 17.1 Å². The summed E-state index contributed by atoms with van der Waals surface area (Å²) >= 11 is 0. The number of carboxylic acids is 1. The van der Waals surface area contributed by atoms with E-state index in [9.17, 15) is 9.59 Å². The molecular weight excluding hydrogens is 236 g/mol. The van der Waals surface area contributed by atoms with E-state index in [1.165, 1.54) is 13.8 Å². The van der Waals surface area contributed by atoms with Gasteiger partial charge in [0.15, 0.2) is 0 Å². The van der Waals surface area contributed by atoms with Crippen LogP contribution in [0, 0.1) is 0 Å². The highest BCUT2D eigenvalue weighted by Crippen LogP contribution is 2.03. The predicted molar refractivity (Wildman–Crippen MR) is 63.7 cm³/mol. The van der Waals surface area contributed by atoms with Crippen LogP contribution in [-0.2, 0) is 16.1 Å². The Morgan fingerprint density at radius 1 is 1.33 bits per heavy atom. The largest absolute Gasteiger partial charge is 0.478 e. The van der Waals surface area contributed by atoms with Crippen molar-refractivity contribution in [3.8, 4) is 0 Å². The fourth-order valence-corrected chi connectivity index (χ4v) is 1.26. The van der Waals surface area contributed by atoms with Gasteiger partial charge in [-0.3, -0.25) is 9.48 Å². The number of aryl methyl sites for hydroxylation is 1. The van der Waals surface area contributed by atoms with E-state index < -0.39 is 5.97 Å². The van der Waals surface area contributed by atoms with Crippen molar-refractivity contribution < 1.29 is 14.7 Å². The normalized spacial score (nSPS) is 11.9. The van der Waals surface area contributed by atoms with E-state index in [1.807, 2.05) is 0 Å². The van der Waals surface area contributed by atoms with Gasteiger partial charge >= 0.3 is 5.97 Å². The van der Waals surface area contributed by atoms with Gasteiger partial charge in [0.25, 0.3) is 0 Å². The highest BCUT2D eigenvalue weighted by atomic mass is 16.4. The van der Waals surface area contributed by atoms with Crippen LogP contribution in [-0.4, -0.2) is 38.5 Å². The molecule has 1 aromatic heterocycles. The number of carbonyl (C=O) groups excluding carboxylic acids is 1. The van der Waals surface area contributed by atoms with Crippen LogP contribution in [0.5, 0.6) is 0 Å². The molecular formula is C11H16N4O3. The molecule has 0 unspecified atom stereocenters. The number of rotatable bonds is 6. The Morgan fingerprint density at radius 2 is 2.06 bits per heavy atom. The maximum Gasteiger partial charge on any atom is 0.331 e. The van der Waals surface area contributed by atoms with Crippen LogP contribution in [0.3, 0.4) is 0 Å². The van der Waals surface area contributed by atoms with Gasteiger partial charge in [0, 0.05) is 30.4 Å². The lowest BCUT2D eigenvalue weighted by Gasteiger charge is -2.06. The first-order chi connectivity index (χ1) is 8.52. The summed E-state index contributed by atoms with van der Waals surface area (Å²) in [6.45, 7) is 4.02. The van der Waals surface area contributed by atoms with Crippen LogP contribution >= 0.6 is 0 Å². The van der Waals surface area contributed by atoms with Gasteiger partial charge in [0.1, 0.15) is 0 Å². The van der Waals surface area contributed by atoms with Crippen molar-refractivity contribution in [1.82, 2.24) is 20.3 Å². The minimum atomic E-state index is -1.08. The zero-order chi connectivity index (χ0) is 13.5. The molecule has 0 bridgehead atoms. The summed E-state index contributed by atoms with van der Waals surface area (Å²) in [6.07, 6.45) is 4.03. The summed E-state index contributed by atoms with van der Waals surface area (Å²) in [5.41, 5.74) is 0.284. The molecule has 0 radical (unpaired) electrons. The average Bonchev–Trinajstić information content (AvgIpc) is 2.85. The zero-order valence-corrected chi connectivity index (χ0v) is 10.4. The Bertz CT molecular complexity index is 451. The fraction of sp³-hybridized carbons (Fsp3) is 0.455. The molecule has 0 saturated heterocycles. The fourth-order valence-electron chi connectivity index (χ4n) is 1.26. The van der Waals surface area contributed by atoms with Crippen molar-refractivity contribution in [3.63, 3.8) is 0 Å². The van der Waals surface area contributed by atoms with Crippen molar-refractivity contribution in [2.45, 2.75) is 26.8 Å². The minimum absolute atomic E-state index is 0.0591. The summed E-state index contributed by atoms with van der Waals surface area (Å²) in [5, 5.41) is 18.8. The van der Waals surface area contributed by atoms with E-state index in [1.54, 1.807) is 17.1 Å². The topological polar surface area (TPSA) is 97.1 Å². The molecule has 0 fully saturated rings. The molecule has 0 spiro atoms. The van der Waals surface area contributed by atoms with Crippen LogP contribution in [0.25, 0.3) is 0 Å². The Morgan fingerprint density at radius 3 is 2.61 bits per heavy atom. The number of carbonyl (C=O) groups is 2. The minimum Gasteiger partial charge on any atom is -0.478 e. The molecule has 0 saturated carbocycles. The van der Waals surface area contributed by atoms with Crippen molar-refractivity contribution in [3.05, 3.63) is 23.5 Å². The first kappa shape index (κ1) is 13.9. The van der Waals surface area contributed by atoms with Gasteiger partial charge in [-0.2, -0.15) is 0 Å². The van der Waals surface area contributed by atoms with E-state index in [2.05, 4.69) is 15.6 Å². The highest BCUT2D eigenvalue weighted by molar-refractivity contribution is 6.01. The second kappa shape index (κ2) is 6.53. The molecule has 0 aliphatic rings. The molecule has 1 rings (SSSR count). The van der Waals surface area contributed by atoms with Gasteiger partial charge in [0.2, 0.25) is 5.91 Å². The number of nitrogens with zero attached hydrogens (tertiary/aromatic N) is 3. The monoisotopic (exact) mass is 252 g/mol. The molecule has 1 amide bonds. The molecule has 7 nitrogen and oxygen atoms in total. The SMILES string of the molecule is C/C(C(=O)O)=C(/C)C(=O)NCCCn1ccnn1. The standard InChI is InChI=1S/C11H16N4O3/c1-8(9(2)11(17)18)10(16)12-4-3-6-15-7-5-13-14-15/h5,7H,3-4,6H2,1-2H3,(H,12,16)(H,17,18)/b9-8+. The second-order valence-corrected chi connectivity index (χ2v) is 3.83. The van der Waals surface area contributed by atoms with E-state index >= 15 is 0 Å². The zero-order valence-electron chi connectivity index (χ0n) is 10.4. The lowest BCUT2D eigenvalue weighted by Crippen LogP contribution is -2.27. The van der Waals surface area contributed by atoms with Crippen LogP contribution in [0.4, 0.5) is 0 Å². The third-order valence-corrected chi connectivity index (χ3v) is 2.55. The number of aromatic nitrogens is 3. The van der Waals surface area contributed by atoms with Crippen LogP contribution < -0.4 is 5.32 Å². The lowest BCUT2D eigenvalue weighted by atomic mass is 10.1. The third-order valence-electron chi connectivity index (χ3n) is 2.55. The maximum absolute atomic E-state index is 11.6.